The van der Waals surface area contributed by atoms with Crippen molar-refractivity contribution >= 4 is 11.9 Å². The summed E-state index contributed by atoms with van der Waals surface area (Å²) in [5.74, 6) is -2.81. The quantitative estimate of drug-likeness (QED) is 0.129. The summed E-state index contributed by atoms with van der Waals surface area (Å²) in [4.78, 5) is 22.4. The Labute approximate surface area is 260 Å². The van der Waals surface area contributed by atoms with Gasteiger partial charge in [0, 0.05) is 0 Å². The molecule has 0 aliphatic rings. The molecule has 0 fully saturated rings. The third kappa shape index (κ3) is 14.4. The average Bonchev–Trinajstić information content (AvgIpc) is 2.92. The number of benzene rings is 2. The molecule has 0 aromatic heterocycles. The Morgan fingerprint density at radius 2 is 0.829 bits per heavy atom. The number of hydrogen-bond donors (Lipinski definition) is 2. The van der Waals surface area contributed by atoms with Crippen molar-refractivity contribution in [1.82, 2.24) is 0 Å². The second-order valence-corrected chi connectivity index (χ2v) is 10.7. The van der Waals surface area contributed by atoms with E-state index >= 15 is 0 Å². The predicted octanol–water partition coefficient (Wildman–Crippen LogP) is 7.85. The summed E-state index contributed by atoms with van der Waals surface area (Å²) in [6, 6.07) is 6.95. The minimum Gasteiger partial charge on any atom is -0.872 e. The van der Waals surface area contributed by atoms with Crippen LogP contribution in [0.5, 0.6) is 11.5 Å². The maximum absolute atomic E-state index is 12.1. The summed E-state index contributed by atoms with van der Waals surface area (Å²) < 4.78 is 0. The second kappa shape index (κ2) is 22.2. The maximum atomic E-state index is 12.1. The van der Waals surface area contributed by atoms with Gasteiger partial charge < -0.3 is 20.4 Å². The first-order valence-corrected chi connectivity index (χ1v) is 15.3. The monoisotopic (exact) mass is 618 g/mol. The Morgan fingerprint density at radius 1 is 0.537 bits per heavy atom. The zero-order valence-electron chi connectivity index (χ0n) is 25.9. The number of carboxylic acids is 2. The Balaban J connectivity index is 0.000000762. The molecule has 0 unspecified atom stereocenters. The molecule has 0 spiro atoms. The Morgan fingerprint density at radius 3 is 1.10 bits per heavy atom. The second-order valence-electron chi connectivity index (χ2n) is 10.7. The van der Waals surface area contributed by atoms with Crippen LogP contribution in [-0.2, 0) is 45.2 Å². The molecule has 0 bridgehead atoms. The molecule has 2 aromatic carbocycles. The maximum Gasteiger partial charge on any atom is 2.00 e. The fraction of sp³-hybridized carbons (Fsp3) is 0.588. The molecule has 2 aromatic rings. The normalized spacial score (nSPS) is 10.4. The van der Waals surface area contributed by atoms with Gasteiger partial charge in [0.2, 0.25) is 0 Å². The Kier molecular flexibility index (Phi) is 20.9. The zero-order valence-corrected chi connectivity index (χ0v) is 28.8. The van der Waals surface area contributed by atoms with Crippen molar-refractivity contribution in [3.05, 3.63) is 57.6 Å². The molecule has 41 heavy (non-hydrogen) atoms. The first kappa shape index (κ1) is 38.6. The molecule has 0 aliphatic carbocycles. The number of hydrogen-bond acceptors (Lipinski definition) is 4. The van der Waals surface area contributed by atoms with E-state index in [9.17, 15) is 19.8 Å². The van der Waals surface area contributed by atoms with E-state index in [4.69, 9.17) is 10.2 Å². The number of aryl methyl sites for hydroxylation is 4. The first-order chi connectivity index (χ1) is 19.2. The molecular formula is C34H50O6Zn. The number of rotatable bonds is 18. The molecule has 2 N–H and O–H groups in total. The average molecular weight is 620 g/mol. The largest absolute Gasteiger partial charge is 2.00 e. The molecule has 0 radical (unpaired) electrons. The van der Waals surface area contributed by atoms with Gasteiger partial charge in [0.05, 0.1) is 11.1 Å². The van der Waals surface area contributed by atoms with Crippen LogP contribution in [0.25, 0.3) is 0 Å². The number of carbonyl (C=O) groups is 2. The van der Waals surface area contributed by atoms with Crippen LogP contribution in [0.1, 0.15) is 148 Å². The molecule has 0 aliphatic heterocycles. The van der Waals surface area contributed by atoms with Crippen molar-refractivity contribution in [3.8, 4) is 11.5 Å². The smallest absolute Gasteiger partial charge is 0.872 e. The van der Waals surface area contributed by atoms with E-state index in [2.05, 4.69) is 27.7 Å². The van der Waals surface area contributed by atoms with E-state index in [1.54, 1.807) is 12.1 Å². The minimum atomic E-state index is -1.11. The van der Waals surface area contributed by atoms with E-state index in [0.717, 1.165) is 101 Å². The Bertz CT molecular complexity index is 966. The summed E-state index contributed by atoms with van der Waals surface area (Å²) in [7, 11) is 0. The summed E-state index contributed by atoms with van der Waals surface area (Å²) in [5.41, 5.74) is 3.19. The van der Waals surface area contributed by atoms with E-state index < -0.39 is 11.9 Å². The molecule has 0 atom stereocenters. The van der Waals surface area contributed by atoms with Crippen LogP contribution < -0.4 is 10.2 Å². The molecule has 6 nitrogen and oxygen atoms in total. The molecule has 7 heteroatoms. The van der Waals surface area contributed by atoms with Gasteiger partial charge >= 0.3 is 31.4 Å². The summed E-state index contributed by atoms with van der Waals surface area (Å²) >= 11 is 0. The summed E-state index contributed by atoms with van der Waals surface area (Å²) in [6.45, 7) is 8.50. The molecule has 0 amide bonds. The number of aromatic carboxylic acids is 2. The van der Waals surface area contributed by atoms with Crippen molar-refractivity contribution in [1.29, 1.82) is 0 Å². The summed E-state index contributed by atoms with van der Waals surface area (Å²) in [6.07, 6.45) is 15.9. The van der Waals surface area contributed by atoms with E-state index in [0.29, 0.717) is 24.0 Å². The molecule has 0 heterocycles. The number of carboxylic acid groups (broad SMARTS) is 2. The van der Waals surface area contributed by atoms with Gasteiger partial charge in [0.25, 0.3) is 0 Å². The van der Waals surface area contributed by atoms with Gasteiger partial charge in [0.15, 0.2) is 0 Å². The van der Waals surface area contributed by atoms with Gasteiger partial charge in [-0.3, -0.25) is 0 Å². The third-order valence-corrected chi connectivity index (χ3v) is 7.15. The van der Waals surface area contributed by atoms with Crippen LogP contribution in [0.2, 0.25) is 0 Å². The SMILES string of the molecule is CCCCCc1cc(CCCCC)c([O-])c(C(=O)O)c1.CCCCCc1cc(CCCCC)c([O-])c(C(=O)O)c1.[Zn+2]. The fourth-order valence-corrected chi connectivity index (χ4v) is 4.78. The summed E-state index contributed by atoms with van der Waals surface area (Å²) in [5, 5.41) is 42.5. The van der Waals surface area contributed by atoms with Crippen LogP contribution in [0.3, 0.4) is 0 Å². The molecular weight excluding hydrogens is 570 g/mol. The topological polar surface area (TPSA) is 121 Å². The molecule has 2 rings (SSSR count). The predicted molar refractivity (Wildman–Crippen MR) is 159 cm³/mol. The number of unbranched alkanes of at least 4 members (excludes halogenated alkanes) is 8. The van der Waals surface area contributed by atoms with Crippen LogP contribution in [0.4, 0.5) is 0 Å². The molecule has 0 saturated carbocycles. The first-order valence-electron chi connectivity index (χ1n) is 15.3. The van der Waals surface area contributed by atoms with Crippen molar-refractivity contribution in [2.75, 3.05) is 0 Å². The van der Waals surface area contributed by atoms with Gasteiger partial charge in [-0.1, -0.05) is 114 Å². The van der Waals surface area contributed by atoms with Crippen molar-refractivity contribution in [3.63, 3.8) is 0 Å². The standard InChI is InChI=1S/2C17H26O3.Zn/c2*1-3-5-7-9-13-11-14(10-8-6-4-2)16(18)15(12-13)17(19)20;/h2*11-12,18H,3-10H2,1-2H3,(H,19,20);/q;;+2/p-2. The molecule has 224 valence electrons. The zero-order chi connectivity index (χ0) is 29.9. The minimum absolute atomic E-state index is 0. The van der Waals surface area contributed by atoms with Crippen LogP contribution in [0.15, 0.2) is 24.3 Å². The van der Waals surface area contributed by atoms with E-state index in [-0.39, 0.29) is 42.1 Å². The van der Waals surface area contributed by atoms with Gasteiger partial charge in [-0.25, -0.2) is 9.59 Å². The third-order valence-electron chi connectivity index (χ3n) is 7.15. The van der Waals surface area contributed by atoms with Crippen LogP contribution >= 0.6 is 0 Å². The van der Waals surface area contributed by atoms with Crippen LogP contribution in [-0.4, -0.2) is 22.2 Å². The van der Waals surface area contributed by atoms with Gasteiger partial charge in [-0.15, -0.1) is 0 Å². The van der Waals surface area contributed by atoms with Crippen molar-refractivity contribution in [2.45, 2.75) is 130 Å². The fourth-order valence-electron chi connectivity index (χ4n) is 4.78. The van der Waals surface area contributed by atoms with Gasteiger partial charge in [-0.2, -0.15) is 0 Å². The molecule has 0 saturated heterocycles. The van der Waals surface area contributed by atoms with Gasteiger partial charge in [0.1, 0.15) is 0 Å². The van der Waals surface area contributed by atoms with Crippen molar-refractivity contribution < 1.29 is 49.5 Å². The van der Waals surface area contributed by atoms with Gasteiger partial charge in [-0.05, 0) is 74.6 Å². The van der Waals surface area contributed by atoms with E-state index in [1.165, 1.54) is 0 Å². The Hall–Kier alpha value is -2.40. The van der Waals surface area contributed by atoms with E-state index in [1.807, 2.05) is 12.1 Å². The van der Waals surface area contributed by atoms with Crippen LogP contribution in [0, 0.1) is 0 Å². The van der Waals surface area contributed by atoms with Crippen molar-refractivity contribution in [2.24, 2.45) is 0 Å².